The number of anilines is 1. The zero-order valence-corrected chi connectivity index (χ0v) is 20.8. The first-order valence-electron chi connectivity index (χ1n) is 12.0. The molecule has 1 saturated heterocycles. The molecule has 0 aromatic heterocycles. The van der Waals surface area contributed by atoms with Crippen LogP contribution in [0.5, 0.6) is 5.75 Å². The number of amides is 2. The third-order valence-electron chi connectivity index (χ3n) is 6.31. The van der Waals surface area contributed by atoms with Crippen LogP contribution in [0.15, 0.2) is 47.6 Å². The van der Waals surface area contributed by atoms with Crippen LogP contribution in [0.25, 0.3) is 0 Å². The summed E-state index contributed by atoms with van der Waals surface area (Å²) in [5, 5.41) is 36.7. The number of nitrogens with one attached hydrogen (secondary N) is 1. The number of carbonyl (C=O) groups excluding carboxylic acids is 2. The van der Waals surface area contributed by atoms with Crippen molar-refractivity contribution in [3.05, 3.63) is 59.2 Å². The molecule has 11 heteroatoms. The quantitative estimate of drug-likeness (QED) is 0.371. The highest BCUT2D eigenvalue weighted by Crippen LogP contribution is 2.31. The van der Waals surface area contributed by atoms with E-state index in [-0.39, 0.29) is 18.9 Å². The number of oxime groups is 1. The summed E-state index contributed by atoms with van der Waals surface area (Å²) in [6.07, 6.45) is -5.50. The van der Waals surface area contributed by atoms with Gasteiger partial charge >= 0.3 is 0 Å². The lowest BCUT2D eigenvalue weighted by molar-refractivity contribution is -0.270. The van der Waals surface area contributed by atoms with Gasteiger partial charge in [0.25, 0.3) is 5.91 Å². The normalized spacial score (nSPS) is 26.2. The molecule has 0 aliphatic carbocycles. The highest BCUT2D eigenvalue weighted by Gasteiger charge is 2.46. The predicted octanol–water partition coefficient (Wildman–Crippen LogP) is 0.393. The summed E-state index contributed by atoms with van der Waals surface area (Å²) in [7, 11) is 0. The van der Waals surface area contributed by atoms with Crippen LogP contribution in [-0.2, 0) is 19.2 Å². The Kier molecular flexibility index (Phi) is 8.08. The van der Waals surface area contributed by atoms with Crippen molar-refractivity contribution in [1.82, 2.24) is 5.32 Å². The second-order valence-corrected chi connectivity index (χ2v) is 9.07. The number of nitrogens with zero attached hydrogens (tertiary/aromatic N) is 2. The second kappa shape index (κ2) is 11.3. The molecule has 0 radical (unpaired) electrons. The molecule has 1 fully saturated rings. The van der Waals surface area contributed by atoms with Crippen LogP contribution in [0.4, 0.5) is 5.69 Å². The van der Waals surface area contributed by atoms with Crippen molar-refractivity contribution >= 4 is 23.2 Å². The first-order valence-corrected chi connectivity index (χ1v) is 12.0. The van der Waals surface area contributed by atoms with Gasteiger partial charge in [-0.05, 0) is 37.6 Å². The molecule has 2 aromatic rings. The molecule has 0 spiro atoms. The molecule has 2 aliphatic rings. The van der Waals surface area contributed by atoms with Gasteiger partial charge in [0.1, 0.15) is 36.7 Å². The minimum absolute atomic E-state index is 0.0147. The molecule has 0 unspecified atom stereocenters. The summed E-state index contributed by atoms with van der Waals surface area (Å²) in [6.45, 7) is 4.96. The molecule has 2 heterocycles. The minimum Gasteiger partial charge on any atom is -0.491 e. The lowest BCUT2D eigenvalue weighted by Gasteiger charge is -2.40. The topological polar surface area (TPSA) is 150 Å². The van der Waals surface area contributed by atoms with Crippen molar-refractivity contribution in [1.29, 1.82) is 0 Å². The van der Waals surface area contributed by atoms with Gasteiger partial charge in [-0.15, -0.1) is 0 Å². The molecule has 2 aromatic carbocycles. The van der Waals surface area contributed by atoms with Crippen LogP contribution in [0.1, 0.15) is 23.6 Å². The fraction of sp³-hybridized carbons (Fsp3) is 0.423. The van der Waals surface area contributed by atoms with Crippen molar-refractivity contribution in [3.8, 4) is 5.75 Å². The second-order valence-electron chi connectivity index (χ2n) is 9.07. The number of aliphatic hydroxyl groups excluding tert-OH is 3. The molecule has 2 aliphatic heterocycles. The molecular weight excluding hydrogens is 482 g/mol. The average molecular weight is 514 g/mol. The Bertz CT molecular complexity index is 1190. The molecule has 37 heavy (non-hydrogen) atoms. The average Bonchev–Trinajstić information content (AvgIpc) is 3.12. The Balaban J connectivity index is 1.55. The van der Waals surface area contributed by atoms with E-state index < -0.39 is 49.1 Å². The van der Waals surface area contributed by atoms with E-state index in [4.69, 9.17) is 14.3 Å². The number of hydrogen-bond donors (Lipinski definition) is 4. The summed E-state index contributed by atoms with van der Waals surface area (Å²) in [5.74, 6) is -0.186. The van der Waals surface area contributed by atoms with Crippen molar-refractivity contribution in [2.75, 3.05) is 24.7 Å². The van der Waals surface area contributed by atoms with Gasteiger partial charge in [0.2, 0.25) is 12.2 Å². The molecule has 4 rings (SSSR count). The Morgan fingerprint density at radius 2 is 1.92 bits per heavy atom. The van der Waals surface area contributed by atoms with E-state index in [1.807, 2.05) is 50.2 Å². The summed E-state index contributed by atoms with van der Waals surface area (Å²) in [4.78, 5) is 32.1. The maximum atomic E-state index is 13.4. The number of ether oxygens (including phenoxy) is 2. The predicted molar refractivity (Wildman–Crippen MR) is 133 cm³/mol. The Morgan fingerprint density at radius 3 is 2.62 bits per heavy atom. The molecular formula is C26H31N3O8. The van der Waals surface area contributed by atoms with Crippen molar-refractivity contribution in [2.24, 2.45) is 5.16 Å². The maximum Gasteiger partial charge on any atom is 0.281 e. The van der Waals surface area contributed by atoms with Gasteiger partial charge in [0.15, 0.2) is 5.71 Å². The number of para-hydroxylation sites is 1. The van der Waals surface area contributed by atoms with Gasteiger partial charge in [0.05, 0.1) is 18.8 Å². The highest BCUT2D eigenvalue weighted by atomic mass is 16.8. The van der Waals surface area contributed by atoms with Crippen molar-refractivity contribution < 1.29 is 39.2 Å². The van der Waals surface area contributed by atoms with E-state index in [1.165, 1.54) is 11.8 Å². The van der Waals surface area contributed by atoms with Crippen LogP contribution in [0.2, 0.25) is 0 Å². The lowest BCUT2D eigenvalue weighted by Crippen LogP contribution is -2.64. The number of aliphatic hydroxyl groups is 3. The summed E-state index contributed by atoms with van der Waals surface area (Å²) in [6, 6.07) is 11.9. The smallest absolute Gasteiger partial charge is 0.281 e. The number of rotatable bonds is 8. The molecule has 2 amide bonds. The molecule has 198 valence electrons. The first kappa shape index (κ1) is 26.6. The van der Waals surface area contributed by atoms with E-state index in [1.54, 1.807) is 6.07 Å². The number of hydrogen-bond acceptors (Lipinski definition) is 9. The van der Waals surface area contributed by atoms with Crippen molar-refractivity contribution in [3.63, 3.8) is 0 Å². The SMILES string of the molecule is CC(=O)N[C@H]1[C@H](O/N=C2\C(=O)N(CCOc3ccccc3C)c3ccc(C)cc32)O[C@@H](CO)[C@@H](O)[C@H]1O. The summed E-state index contributed by atoms with van der Waals surface area (Å²) >= 11 is 0. The number of benzene rings is 2. The highest BCUT2D eigenvalue weighted by molar-refractivity contribution is 6.54. The van der Waals surface area contributed by atoms with E-state index in [0.717, 1.165) is 16.9 Å². The molecule has 11 nitrogen and oxygen atoms in total. The summed E-state index contributed by atoms with van der Waals surface area (Å²) in [5.41, 5.74) is 3.09. The number of aryl methyl sites for hydroxylation is 2. The van der Waals surface area contributed by atoms with Crippen LogP contribution >= 0.6 is 0 Å². The third-order valence-corrected chi connectivity index (χ3v) is 6.31. The number of fused-ring (bicyclic) bond motifs is 1. The van der Waals surface area contributed by atoms with Crippen LogP contribution in [0.3, 0.4) is 0 Å². The van der Waals surface area contributed by atoms with Gasteiger partial charge in [-0.25, -0.2) is 0 Å². The fourth-order valence-electron chi connectivity index (χ4n) is 4.37. The van der Waals surface area contributed by atoms with Gasteiger partial charge in [0, 0.05) is 12.5 Å². The molecule has 0 saturated carbocycles. The lowest BCUT2D eigenvalue weighted by atomic mass is 9.97. The Labute approximate surface area is 214 Å². The van der Waals surface area contributed by atoms with E-state index >= 15 is 0 Å². The Morgan fingerprint density at radius 1 is 1.16 bits per heavy atom. The molecule has 4 N–H and O–H groups in total. The van der Waals surface area contributed by atoms with E-state index in [9.17, 15) is 24.9 Å². The third kappa shape index (κ3) is 5.59. The number of carbonyl (C=O) groups is 2. The zero-order chi connectivity index (χ0) is 26.7. The fourth-order valence-corrected chi connectivity index (χ4v) is 4.37. The monoisotopic (exact) mass is 513 g/mol. The standard InChI is InChI=1S/C26H31N3O8/c1-14-8-9-18-17(12-14)21(25(34)29(18)10-11-35-19-7-5-4-6-15(19)2)28-37-26-22(27-16(3)31)24(33)23(32)20(13-30)36-26/h4-9,12,20,22-24,26,30,32-33H,10-11,13H2,1-3H3,(H,27,31)/b28-21-/t20-,22+,23+,24-,26-/m0/s1. The maximum absolute atomic E-state index is 13.4. The van der Waals surface area contributed by atoms with Crippen LogP contribution in [-0.4, -0.2) is 83.2 Å². The van der Waals surface area contributed by atoms with Gasteiger partial charge in [-0.2, -0.15) is 0 Å². The first-order chi connectivity index (χ1) is 17.7. The van der Waals surface area contributed by atoms with Gasteiger partial charge in [-0.1, -0.05) is 35.0 Å². The van der Waals surface area contributed by atoms with Crippen molar-refractivity contribution in [2.45, 2.75) is 51.4 Å². The molecule has 5 atom stereocenters. The largest absolute Gasteiger partial charge is 0.491 e. The van der Waals surface area contributed by atoms with Crippen LogP contribution in [0, 0.1) is 13.8 Å². The minimum atomic E-state index is -1.50. The van der Waals surface area contributed by atoms with E-state index in [0.29, 0.717) is 11.3 Å². The van der Waals surface area contributed by atoms with Gasteiger partial charge < -0.3 is 39.8 Å². The van der Waals surface area contributed by atoms with E-state index in [2.05, 4.69) is 10.5 Å². The summed E-state index contributed by atoms with van der Waals surface area (Å²) < 4.78 is 11.4. The van der Waals surface area contributed by atoms with Crippen LogP contribution < -0.4 is 15.0 Å². The Hall–Kier alpha value is -3.51. The molecule has 0 bridgehead atoms. The van der Waals surface area contributed by atoms with Gasteiger partial charge in [-0.3, -0.25) is 9.59 Å². The zero-order valence-electron chi connectivity index (χ0n) is 20.8.